The van der Waals surface area contributed by atoms with Gasteiger partial charge in [-0.05, 0) is 19.4 Å². The number of anilines is 3. The fraction of sp³-hybridized carbons (Fsp3) is 0.400. The quantitative estimate of drug-likeness (QED) is 0.658. The standard InChI is InChI=1S/C20H26N8O/c1-14-10-17(23-18-11-15(2)25-26-18)24-20(22-14)28-8-6-27(7-9-28)13-16-4-5-19(29-3)21-12-16/h4-5,10-12H,6-9,13H2,1-3H3,(H2,22,23,24,25,26). The predicted molar refractivity (Wildman–Crippen MR) is 112 cm³/mol. The summed E-state index contributed by atoms with van der Waals surface area (Å²) in [7, 11) is 1.63. The van der Waals surface area contributed by atoms with Crippen LogP contribution in [0.5, 0.6) is 5.88 Å². The Morgan fingerprint density at radius 3 is 2.55 bits per heavy atom. The molecule has 1 aliphatic rings. The second kappa shape index (κ2) is 8.44. The molecule has 3 aromatic heterocycles. The van der Waals surface area contributed by atoms with Crippen LogP contribution in [0.3, 0.4) is 0 Å². The highest BCUT2D eigenvalue weighted by molar-refractivity contribution is 5.54. The molecule has 0 aliphatic carbocycles. The topological polar surface area (TPSA) is 95.1 Å². The van der Waals surface area contributed by atoms with Crippen molar-refractivity contribution in [1.29, 1.82) is 0 Å². The zero-order valence-electron chi connectivity index (χ0n) is 17.0. The Balaban J connectivity index is 1.37. The molecule has 3 aromatic rings. The summed E-state index contributed by atoms with van der Waals surface area (Å²) in [5, 5.41) is 10.4. The van der Waals surface area contributed by atoms with E-state index in [9.17, 15) is 0 Å². The van der Waals surface area contributed by atoms with Crippen LogP contribution in [0.4, 0.5) is 17.6 Å². The van der Waals surface area contributed by atoms with Gasteiger partial charge >= 0.3 is 0 Å². The molecule has 4 heterocycles. The summed E-state index contributed by atoms with van der Waals surface area (Å²) in [5.41, 5.74) is 3.12. The number of H-pyrrole nitrogens is 1. The minimum absolute atomic E-state index is 0.643. The molecule has 9 nitrogen and oxygen atoms in total. The first-order chi connectivity index (χ1) is 14.1. The monoisotopic (exact) mass is 394 g/mol. The summed E-state index contributed by atoms with van der Waals surface area (Å²) < 4.78 is 5.12. The molecule has 0 spiro atoms. The zero-order valence-corrected chi connectivity index (χ0v) is 17.0. The summed E-state index contributed by atoms with van der Waals surface area (Å²) >= 11 is 0. The molecule has 0 aromatic carbocycles. The lowest BCUT2D eigenvalue weighted by Crippen LogP contribution is -2.46. The maximum absolute atomic E-state index is 5.12. The average molecular weight is 394 g/mol. The number of hydrogen-bond acceptors (Lipinski definition) is 8. The molecule has 0 unspecified atom stereocenters. The molecule has 9 heteroatoms. The second-order valence-electron chi connectivity index (χ2n) is 7.23. The van der Waals surface area contributed by atoms with Crippen molar-refractivity contribution >= 4 is 17.6 Å². The third-order valence-corrected chi connectivity index (χ3v) is 4.87. The van der Waals surface area contributed by atoms with Crippen molar-refractivity contribution in [1.82, 2.24) is 30.0 Å². The fourth-order valence-corrected chi connectivity index (χ4v) is 3.36. The van der Waals surface area contributed by atoms with Gasteiger partial charge in [-0.3, -0.25) is 10.00 Å². The Morgan fingerprint density at radius 2 is 1.90 bits per heavy atom. The van der Waals surface area contributed by atoms with Crippen LogP contribution in [-0.4, -0.2) is 63.3 Å². The number of piperazine rings is 1. The Hall–Kier alpha value is -3.20. The van der Waals surface area contributed by atoms with Crippen LogP contribution < -0.4 is 15.0 Å². The van der Waals surface area contributed by atoms with E-state index in [0.717, 1.165) is 61.7 Å². The lowest BCUT2D eigenvalue weighted by atomic mass is 10.2. The molecular weight excluding hydrogens is 368 g/mol. The number of aryl methyl sites for hydroxylation is 2. The van der Waals surface area contributed by atoms with Crippen molar-refractivity contribution in [2.45, 2.75) is 20.4 Å². The molecule has 0 saturated carbocycles. The smallest absolute Gasteiger partial charge is 0.227 e. The molecule has 1 aliphatic heterocycles. The molecule has 152 valence electrons. The summed E-state index contributed by atoms with van der Waals surface area (Å²) in [6.45, 7) is 8.50. The van der Waals surface area contributed by atoms with E-state index >= 15 is 0 Å². The van der Waals surface area contributed by atoms with Crippen molar-refractivity contribution in [3.8, 4) is 5.88 Å². The van der Waals surface area contributed by atoms with Crippen molar-refractivity contribution in [2.24, 2.45) is 0 Å². The van der Waals surface area contributed by atoms with E-state index < -0.39 is 0 Å². The highest BCUT2D eigenvalue weighted by Gasteiger charge is 2.20. The van der Waals surface area contributed by atoms with Gasteiger partial charge in [-0.2, -0.15) is 10.1 Å². The van der Waals surface area contributed by atoms with Gasteiger partial charge in [0.25, 0.3) is 0 Å². The number of pyridine rings is 1. The molecule has 1 saturated heterocycles. The van der Waals surface area contributed by atoms with Crippen LogP contribution in [-0.2, 0) is 6.54 Å². The van der Waals surface area contributed by atoms with Crippen LogP contribution in [0.15, 0.2) is 30.5 Å². The minimum atomic E-state index is 0.643. The normalized spacial score (nSPS) is 14.8. The van der Waals surface area contributed by atoms with Gasteiger partial charge in [-0.25, -0.2) is 9.97 Å². The Kier molecular flexibility index (Phi) is 5.57. The number of hydrogen-bond donors (Lipinski definition) is 2. The molecule has 29 heavy (non-hydrogen) atoms. The van der Waals surface area contributed by atoms with E-state index in [1.54, 1.807) is 7.11 Å². The molecular formula is C20H26N8O. The lowest BCUT2D eigenvalue weighted by molar-refractivity contribution is 0.248. The number of nitrogens with zero attached hydrogens (tertiary/aromatic N) is 6. The summed E-state index contributed by atoms with van der Waals surface area (Å²) in [5.74, 6) is 2.91. The Labute approximate surface area is 170 Å². The van der Waals surface area contributed by atoms with Crippen LogP contribution in [0, 0.1) is 13.8 Å². The second-order valence-corrected chi connectivity index (χ2v) is 7.23. The van der Waals surface area contributed by atoms with E-state index in [4.69, 9.17) is 9.72 Å². The number of aromatic nitrogens is 5. The summed E-state index contributed by atoms with van der Waals surface area (Å²) in [6.07, 6.45) is 1.88. The third-order valence-electron chi connectivity index (χ3n) is 4.87. The van der Waals surface area contributed by atoms with E-state index in [-0.39, 0.29) is 0 Å². The van der Waals surface area contributed by atoms with Crippen LogP contribution >= 0.6 is 0 Å². The highest BCUT2D eigenvalue weighted by atomic mass is 16.5. The van der Waals surface area contributed by atoms with Gasteiger partial charge in [-0.15, -0.1) is 0 Å². The van der Waals surface area contributed by atoms with Gasteiger partial charge in [0.05, 0.1) is 7.11 Å². The van der Waals surface area contributed by atoms with Gasteiger partial charge in [0.15, 0.2) is 5.82 Å². The lowest BCUT2D eigenvalue weighted by Gasteiger charge is -2.34. The number of methoxy groups -OCH3 is 1. The van der Waals surface area contributed by atoms with Gasteiger partial charge in [0.2, 0.25) is 11.8 Å². The van der Waals surface area contributed by atoms with Crippen LogP contribution in [0.2, 0.25) is 0 Å². The Bertz CT molecular complexity index is 947. The molecule has 4 rings (SSSR count). The van der Waals surface area contributed by atoms with E-state index in [2.05, 4.69) is 41.3 Å². The van der Waals surface area contributed by atoms with Gasteiger partial charge < -0.3 is 15.0 Å². The summed E-state index contributed by atoms with van der Waals surface area (Å²) in [4.78, 5) is 18.3. The molecule has 2 N–H and O–H groups in total. The van der Waals surface area contributed by atoms with Gasteiger partial charge in [0, 0.05) is 68.5 Å². The average Bonchev–Trinajstić information content (AvgIpc) is 3.13. The zero-order chi connectivity index (χ0) is 20.2. The fourth-order valence-electron chi connectivity index (χ4n) is 3.36. The molecule has 0 bridgehead atoms. The first kappa shape index (κ1) is 19.1. The van der Waals surface area contributed by atoms with E-state index in [0.29, 0.717) is 5.88 Å². The van der Waals surface area contributed by atoms with Crippen molar-refractivity contribution < 1.29 is 4.74 Å². The van der Waals surface area contributed by atoms with Crippen LogP contribution in [0.25, 0.3) is 0 Å². The molecule has 0 amide bonds. The molecule has 0 radical (unpaired) electrons. The summed E-state index contributed by atoms with van der Waals surface area (Å²) in [6, 6.07) is 7.85. The van der Waals surface area contributed by atoms with Gasteiger partial charge in [0.1, 0.15) is 5.82 Å². The highest BCUT2D eigenvalue weighted by Crippen LogP contribution is 2.19. The van der Waals surface area contributed by atoms with Gasteiger partial charge in [-0.1, -0.05) is 6.07 Å². The van der Waals surface area contributed by atoms with E-state index in [1.165, 1.54) is 5.56 Å². The Morgan fingerprint density at radius 1 is 1.07 bits per heavy atom. The number of nitrogens with one attached hydrogen (secondary N) is 2. The first-order valence-corrected chi connectivity index (χ1v) is 9.70. The SMILES string of the molecule is COc1ccc(CN2CCN(c3nc(C)cc(Nc4cc(C)[nH]n4)n3)CC2)cn1. The predicted octanol–water partition coefficient (Wildman–Crippen LogP) is 2.29. The first-order valence-electron chi connectivity index (χ1n) is 9.70. The van der Waals surface area contributed by atoms with Crippen LogP contribution in [0.1, 0.15) is 17.0 Å². The number of ether oxygens (including phenoxy) is 1. The minimum Gasteiger partial charge on any atom is -0.481 e. The van der Waals surface area contributed by atoms with Crippen molar-refractivity contribution in [3.63, 3.8) is 0 Å². The third kappa shape index (κ3) is 4.80. The van der Waals surface area contributed by atoms with Crippen molar-refractivity contribution in [3.05, 3.63) is 47.4 Å². The largest absolute Gasteiger partial charge is 0.481 e. The van der Waals surface area contributed by atoms with E-state index in [1.807, 2.05) is 38.2 Å². The maximum atomic E-state index is 5.12. The number of aromatic amines is 1. The maximum Gasteiger partial charge on any atom is 0.227 e. The number of rotatable bonds is 6. The van der Waals surface area contributed by atoms with Crippen molar-refractivity contribution in [2.75, 3.05) is 43.5 Å². The molecule has 0 atom stereocenters. The molecule has 1 fully saturated rings.